The van der Waals surface area contributed by atoms with Crippen molar-refractivity contribution in [1.29, 1.82) is 0 Å². The van der Waals surface area contributed by atoms with Crippen LogP contribution in [0.4, 0.5) is 0 Å². The zero-order valence-electron chi connectivity index (χ0n) is 17.2. The van der Waals surface area contributed by atoms with Crippen LogP contribution in [0, 0.1) is 0 Å². The van der Waals surface area contributed by atoms with Crippen molar-refractivity contribution in [3.05, 3.63) is 58.7 Å². The van der Waals surface area contributed by atoms with Gasteiger partial charge in [0.25, 0.3) is 0 Å². The van der Waals surface area contributed by atoms with E-state index in [1.807, 2.05) is 19.1 Å². The minimum absolute atomic E-state index is 0.0212. The van der Waals surface area contributed by atoms with E-state index in [0.717, 1.165) is 17.5 Å². The quantitative estimate of drug-likeness (QED) is 0.385. The average Bonchev–Trinajstić information content (AvgIpc) is 2.72. The second kappa shape index (κ2) is 10.3. The number of carbonyl (C=O) groups excluding carboxylic acids is 2. The molecule has 0 aromatic heterocycles. The SMILES string of the molecule is CCCc1c(OCc2ccc(/C=C/C(=O)OC)cc2OC)ccc(C(C)=O)c1O. The molecule has 0 heterocycles. The Morgan fingerprint density at radius 3 is 2.48 bits per heavy atom. The molecule has 2 aromatic carbocycles. The number of benzene rings is 2. The first kappa shape index (κ1) is 22.0. The van der Waals surface area contributed by atoms with Crippen LogP contribution in [0.1, 0.15) is 47.3 Å². The summed E-state index contributed by atoms with van der Waals surface area (Å²) in [6.45, 7) is 3.64. The van der Waals surface area contributed by atoms with E-state index in [2.05, 4.69) is 4.74 Å². The highest BCUT2D eigenvalue weighted by molar-refractivity contribution is 5.97. The normalized spacial score (nSPS) is 10.8. The summed E-state index contributed by atoms with van der Waals surface area (Å²) in [6, 6.07) is 8.76. The van der Waals surface area contributed by atoms with Crippen LogP contribution in [0.15, 0.2) is 36.4 Å². The Hall–Kier alpha value is -3.28. The van der Waals surface area contributed by atoms with E-state index in [1.54, 1.807) is 31.4 Å². The van der Waals surface area contributed by atoms with Crippen molar-refractivity contribution in [2.45, 2.75) is 33.3 Å². The summed E-state index contributed by atoms with van der Waals surface area (Å²) >= 11 is 0. The topological polar surface area (TPSA) is 82.1 Å². The van der Waals surface area contributed by atoms with Gasteiger partial charge in [0.1, 0.15) is 23.9 Å². The van der Waals surface area contributed by atoms with Crippen molar-refractivity contribution in [3.8, 4) is 17.2 Å². The van der Waals surface area contributed by atoms with Gasteiger partial charge in [0, 0.05) is 17.2 Å². The van der Waals surface area contributed by atoms with E-state index in [-0.39, 0.29) is 18.1 Å². The standard InChI is InChI=1S/C23H26O6/c1-5-6-19-20(11-10-18(15(2)24)23(19)26)29-14-17-9-7-16(13-21(17)27-3)8-12-22(25)28-4/h7-13,26H,5-6,14H2,1-4H3/b12-8+. The zero-order valence-corrected chi connectivity index (χ0v) is 17.2. The fraction of sp³-hybridized carbons (Fsp3) is 0.304. The summed E-state index contributed by atoms with van der Waals surface area (Å²) in [5, 5.41) is 10.5. The summed E-state index contributed by atoms with van der Waals surface area (Å²) in [7, 11) is 2.88. The number of ether oxygens (including phenoxy) is 3. The van der Waals surface area contributed by atoms with Crippen LogP contribution in [0.2, 0.25) is 0 Å². The lowest BCUT2D eigenvalue weighted by molar-refractivity contribution is -0.134. The smallest absolute Gasteiger partial charge is 0.330 e. The molecule has 6 nitrogen and oxygen atoms in total. The summed E-state index contributed by atoms with van der Waals surface area (Å²) < 4.78 is 16.0. The van der Waals surface area contributed by atoms with Crippen molar-refractivity contribution in [1.82, 2.24) is 0 Å². The number of phenols is 1. The van der Waals surface area contributed by atoms with E-state index in [9.17, 15) is 14.7 Å². The summed E-state index contributed by atoms with van der Waals surface area (Å²) in [5.74, 6) is 0.495. The van der Waals surface area contributed by atoms with Gasteiger partial charge >= 0.3 is 5.97 Å². The van der Waals surface area contributed by atoms with Gasteiger partial charge in [-0.3, -0.25) is 4.79 Å². The molecule has 154 valence electrons. The highest BCUT2D eigenvalue weighted by atomic mass is 16.5. The minimum Gasteiger partial charge on any atom is -0.507 e. The maximum Gasteiger partial charge on any atom is 0.330 e. The Kier molecular flexibility index (Phi) is 7.83. The first-order valence-electron chi connectivity index (χ1n) is 9.32. The Morgan fingerprint density at radius 2 is 1.86 bits per heavy atom. The van der Waals surface area contributed by atoms with Crippen LogP contribution >= 0.6 is 0 Å². The molecule has 1 N–H and O–H groups in total. The fourth-order valence-corrected chi connectivity index (χ4v) is 2.90. The Bertz CT molecular complexity index is 914. The van der Waals surface area contributed by atoms with E-state index in [4.69, 9.17) is 9.47 Å². The lowest BCUT2D eigenvalue weighted by Gasteiger charge is -2.16. The van der Waals surface area contributed by atoms with Gasteiger partial charge in [-0.2, -0.15) is 0 Å². The molecule has 0 aliphatic rings. The van der Waals surface area contributed by atoms with Crippen LogP contribution in [0.5, 0.6) is 17.2 Å². The van der Waals surface area contributed by atoms with Crippen molar-refractivity contribution < 1.29 is 28.9 Å². The molecule has 0 aliphatic carbocycles. The van der Waals surface area contributed by atoms with Crippen LogP contribution in [0.25, 0.3) is 6.08 Å². The highest BCUT2D eigenvalue weighted by Crippen LogP contribution is 2.34. The van der Waals surface area contributed by atoms with E-state index >= 15 is 0 Å². The van der Waals surface area contributed by atoms with Gasteiger partial charge in [-0.1, -0.05) is 25.5 Å². The molecule has 6 heteroatoms. The third-order valence-corrected chi connectivity index (χ3v) is 4.43. The molecule has 0 bridgehead atoms. The van der Waals surface area contributed by atoms with Gasteiger partial charge in [0.05, 0.1) is 19.8 Å². The number of carbonyl (C=O) groups is 2. The molecule has 29 heavy (non-hydrogen) atoms. The lowest BCUT2D eigenvalue weighted by Crippen LogP contribution is -2.03. The van der Waals surface area contributed by atoms with E-state index in [0.29, 0.717) is 29.0 Å². The second-order valence-electron chi connectivity index (χ2n) is 6.46. The average molecular weight is 398 g/mol. The van der Waals surface area contributed by atoms with Crippen LogP contribution in [-0.4, -0.2) is 31.1 Å². The Balaban J connectivity index is 2.25. The molecule has 0 spiro atoms. The van der Waals surface area contributed by atoms with Gasteiger partial charge in [0.15, 0.2) is 5.78 Å². The molecule has 0 atom stereocenters. The molecular weight excluding hydrogens is 372 g/mol. The summed E-state index contributed by atoms with van der Waals surface area (Å²) in [4.78, 5) is 22.9. The van der Waals surface area contributed by atoms with Crippen LogP contribution in [0.3, 0.4) is 0 Å². The number of rotatable bonds is 9. The monoisotopic (exact) mass is 398 g/mol. The summed E-state index contributed by atoms with van der Waals surface area (Å²) in [5.41, 5.74) is 2.50. The maximum atomic E-state index is 11.7. The third kappa shape index (κ3) is 5.60. The Labute approximate surface area is 170 Å². The van der Waals surface area contributed by atoms with E-state index in [1.165, 1.54) is 20.1 Å². The number of hydrogen-bond donors (Lipinski definition) is 1. The number of phenolic OH excluding ortho intramolecular Hbond substituents is 1. The van der Waals surface area contributed by atoms with Gasteiger partial charge < -0.3 is 19.3 Å². The molecular formula is C23H26O6. The Morgan fingerprint density at radius 1 is 1.10 bits per heavy atom. The molecule has 0 radical (unpaired) electrons. The largest absolute Gasteiger partial charge is 0.507 e. The predicted molar refractivity (Wildman–Crippen MR) is 110 cm³/mol. The van der Waals surface area contributed by atoms with E-state index < -0.39 is 5.97 Å². The number of Topliss-reactive ketones (excluding diaryl/α,β-unsaturated/α-hetero) is 1. The van der Waals surface area contributed by atoms with Crippen LogP contribution < -0.4 is 9.47 Å². The predicted octanol–water partition coefficient (Wildman–Crippen LogP) is 4.32. The summed E-state index contributed by atoms with van der Waals surface area (Å²) in [6.07, 6.45) is 4.37. The maximum absolute atomic E-state index is 11.7. The van der Waals surface area contributed by atoms with Crippen molar-refractivity contribution in [2.75, 3.05) is 14.2 Å². The van der Waals surface area contributed by atoms with Crippen molar-refractivity contribution in [2.24, 2.45) is 0 Å². The number of esters is 1. The van der Waals surface area contributed by atoms with Gasteiger partial charge in [0.2, 0.25) is 0 Å². The van der Waals surface area contributed by atoms with Gasteiger partial charge in [-0.25, -0.2) is 4.79 Å². The highest BCUT2D eigenvalue weighted by Gasteiger charge is 2.16. The van der Waals surface area contributed by atoms with Crippen LogP contribution in [-0.2, 0) is 22.6 Å². The lowest BCUT2D eigenvalue weighted by atomic mass is 10.0. The molecule has 0 fully saturated rings. The number of aromatic hydroxyl groups is 1. The third-order valence-electron chi connectivity index (χ3n) is 4.43. The van der Waals surface area contributed by atoms with Gasteiger partial charge in [-0.15, -0.1) is 0 Å². The first-order chi connectivity index (χ1) is 13.9. The molecule has 0 saturated heterocycles. The number of ketones is 1. The molecule has 0 aliphatic heterocycles. The zero-order chi connectivity index (χ0) is 21.4. The first-order valence-corrected chi connectivity index (χ1v) is 9.32. The molecule has 2 aromatic rings. The van der Waals surface area contributed by atoms with Crippen molar-refractivity contribution >= 4 is 17.8 Å². The van der Waals surface area contributed by atoms with Gasteiger partial charge in [-0.05, 0) is 43.2 Å². The molecule has 0 saturated carbocycles. The molecule has 2 rings (SSSR count). The number of hydrogen-bond acceptors (Lipinski definition) is 6. The molecule has 0 amide bonds. The molecule has 0 unspecified atom stereocenters. The fourth-order valence-electron chi connectivity index (χ4n) is 2.90. The second-order valence-corrected chi connectivity index (χ2v) is 6.46. The van der Waals surface area contributed by atoms with Crippen molar-refractivity contribution in [3.63, 3.8) is 0 Å². The number of methoxy groups -OCH3 is 2. The minimum atomic E-state index is -0.436.